The largest absolute Gasteiger partial charge is 0.250 e. The second-order valence-electron chi connectivity index (χ2n) is 1.02. The first-order valence-corrected chi connectivity index (χ1v) is 4.93. The Kier molecular flexibility index (Phi) is 76.2. The summed E-state index contributed by atoms with van der Waals surface area (Å²) < 4.78 is 0. The third-order valence-electron chi connectivity index (χ3n) is 0.507. The van der Waals surface area contributed by atoms with Gasteiger partial charge < -0.3 is 0 Å². The molecule has 0 unspecified atom stereocenters. The van der Waals surface area contributed by atoms with Gasteiger partial charge in [0, 0.05) is 6.20 Å². The molecule has 0 atom stereocenters. The van der Waals surface area contributed by atoms with Crippen LogP contribution in [0.25, 0.3) is 0 Å². The summed E-state index contributed by atoms with van der Waals surface area (Å²) in [4.78, 5) is 7.20. The summed E-state index contributed by atoms with van der Waals surface area (Å²) in [6.45, 7) is 20.4. The number of nitrogens with zero attached hydrogens (tertiary/aromatic N) is 2. The van der Waals surface area contributed by atoms with E-state index in [1.807, 2.05) is 41.5 Å². The number of hydrogen-bond donors (Lipinski definition) is 0. The van der Waals surface area contributed by atoms with Crippen LogP contribution in [0.3, 0.4) is 0 Å². The highest BCUT2D eigenvalue weighted by Gasteiger charge is 1.71. The van der Waals surface area contributed by atoms with Crippen LogP contribution < -0.4 is 0 Å². The van der Waals surface area contributed by atoms with Crippen LogP contribution in [0.15, 0.2) is 22.8 Å². The van der Waals surface area contributed by atoms with Crippen molar-refractivity contribution in [1.82, 2.24) is 0 Å². The quantitative estimate of drug-likeness (QED) is 0.430. The molecule has 0 amide bonds. The first kappa shape index (κ1) is 22.7. The molecule has 0 aromatic rings. The lowest BCUT2D eigenvalue weighted by atomic mass is 10.7. The predicted molar refractivity (Wildman–Crippen MR) is 66.9 cm³/mol. The van der Waals surface area contributed by atoms with Crippen LogP contribution in [0.4, 0.5) is 0 Å². The lowest BCUT2D eigenvalue weighted by Gasteiger charge is -1.79. The van der Waals surface area contributed by atoms with Gasteiger partial charge in [-0.25, -0.2) is 9.98 Å². The van der Waals surface area contributed by atoms with Gasteiger partial charge >= 0.3 is 0 Å². The Hall–Kier alpha value is -0.920. The number of rotatable bonds is 1. The number of hydrogen-bond acceptors (Lipinski definition) is 1. The molecule has 2 heteroatoms. The Labute approximate surface area is 84.5 Å². The molecule has 0 aromatic heterocycles. The predicted octanol–water partition coefficient (Wildman–Crippen LogP) is 4.33. The van der Waals surface area contributed by atoms with Crippen molar-refractivity contribution in [3.63, 3.8) is 0 Å². The molecule has 80 valence electrons. The van der Waals surface area contributed by atoms with E-state index < -0.39 is 0 Å². The van der Waals surface area contributed by atoms with Crippen LogP contribution >= 0.6 is 0 Å². The van der Waals surface area contributed by atoms with E-state index in [-0.39, 0.29) is 0 Å². The second kappa shape index (κ2) is 43.6. The molecule has 0 aliphatic rings. The highest BCUT2D eigenvalue weighted by atomic mass is 14.9. The number of aliphatic imine (C=N–C) groups is 2. The van der Waals surface area contributed by atoms with E-state index in [0.717, 1.165) is 0 Å². The van der Waals surface area contributed by atoms with Gasteiger partial charge in [0.15, 0.2) is 0 Å². The number of amidine groups is 1. The van der Waals surface area contributed by atoms with Crippen molar-refractivity contribution in [3.8, 4) is 0 Å². The van der Waals surface area contributed by atoms with E-state index in [9.17, 15) is 0 Å². The van der Waals surface area contributed by atoms with Crippen LogP contribution in [0, 0.1) is 0 Å². The molecular weight excluding hydrogens is 160 g/mol. The van der Waals surface area contributed by atoms with Crippen LogP contribution in [-0.4, -0.2) is 12.6 Å². The van der Waals surface area contributed by atoms with Crippen molar-refractivity contribution in [2.45, 2.75) is 48.5 Å². The third kappa shape index (κ3) is 54.9. The fourth-order valence-corrected chi connectivity index (χ4v) is 0.173. The van der Waals surface area contributed by atoms with E-state index >= 15 is 0 Å². The highest BCUT2D eigenvalue weighted by Crippen LogP contribution is 1.75. The van der Waals surface area contributed by atoms with Gasteiger partial charge in [-0.2, -0.15) is 0 Å². The average Bonchev–Trinajstić information content (AvgIpc) is 2.27. The minimum atomic E-state index is 0.648. The summed E-state index contributed by atoms with van der Waals surface area (Å²) >= 11 is 0. The summed E-state index contributed by atoms with van der Waals surface area (Å²) in [7, 11) is 0. The van der Waals surface area contributed by atoms with Crippen molar-refractivity contribution in [2.75, 3.05) is 0 Å². The van der Waals surface area contributed by atoms with Crippen molar-refractivity contribution in [3.05, 3.63) is 12.8 Å². The Morgan fingerprint density at radius 3 is 1.38 bits per heavy atom. The summed E-state index contributed by atoms with van der Waals surface area (Å²) in [6.07, 6.45) is 1.43. The molecule has 0 rings (SSSR count). The molecule has 0 fully saturated rings. The van der Waals surface area contributed by atoms with Crippen molar-refractivity contribution in [2.24, 2.45) is 9.98 Å². The van der Waals surface area contributed by atoms with Crippen LogP contribution in [0.2, 0.25) is 0 Å². The molecular formula is C11H26N2. The molecule has 13 heavy (non-hydrogen) atoms. The van der Waals surface area contributed by atoms with Crippen molar-refractivity contribution < 1.29 is 0 Å². The molecule has 0 N–H and O–H groups in total. The van der Waals surface area contributed by atoms with Gasteiger partial charge in [-0.3, -0.25) is 0 Å². The Morgan fingerprint density at radius 1 is 1.00 bits per heavy atom. The van der Waals surface area contributed by atoms with Crippen LogP contribution in [-0.2, 0) is 0 Å². The Morgan fingerprint density at radius 2 is 1.31 bits per heavy atom. The van der Waals surface area contributed by atoms with Crippen molar-refractivity contribution >= 4 is 12.6 Å². The molecule has 0 aromatic carbocycles. The minimum Gasteiger partial charge on any atom is -0.250 e. The molecule has 0 aliphatic heterocycles. The maximum atomic E-state index is 3.69. The van der Waals surface area contributed by atoms with Gasteiger partial charge in [0.2, 0.25) is 0 Å². The highest BCUT2D eigenvalue weighted by molar-refractivity contribution is 5.84. The Balaban J connectivity index is -0.0000000573. The van der Waals surface area contributed by atoms with E-state index in [4.69, 9.17) is 0 Å². The van der Waals surface area contributed by atoms with E-state index in [1.165, 1.54) is 6.20 Å². The summed E-state index contributed by atoms with van der Waals surface area (Å²) in [5, 5.41) is 0. The topological polar surface area (TPSA) is 24.7 Å². The lowest BCUT2D eigenvalue weighted by molar-refractivity contribution is 1.48. The van der Waals surface area contributed by atoms with E-state index in [0.29, 0.717) is 5.84 Å². The Bertz CT molecular complexity index is 105. The first-order valence-electron chi connectivity index (χ1n) is 4.93. The SMILES string of the molecule is C=CN=C(C)N=C.CC.CC.CC. The zero-order chi connectivity index (χ0) is 11.7. The van der Waals surface area contributed by atoms with Crippen LogP contribution in [0.1, 0.15) is 48.5 Å². The van der Waals surface area contributed by atoms with Gasteiger partial charge in [0.05, 0.1) is 0 Å². The van der Waals surface area contributed by atoms with Gasteiger partial charge in [0.1, 0.15) is 5.84 Å². The van der Waals surface area contributed by atoms with E-state index in [1.54, 1.807) is 6.92 Å². The molecule has 0 bridgehead atoms. The van der Waals surface area contributed by atoms with Crippen LogP contribution in [0.5, 0.6) is 0 Å². The maximum absolute atomic E-state index is 3.69. The maximum Gasteiger partial charge on any atom is 0.124 e. The molecule has 2 nitrogen and oxygen atoms in total. The minimum absolute atomic E-state index is 0.648. The zero-order valence-corrected chi connectivity index (χ0v) is 10.4. The summed E-state index contributed by atoms with van der Waals surface area (Å²) in [5.74, 6) is 0.648. The van der Waals surface area contributed by atoms with Gasteiger partial charge in [0.25, 0.3) is 0 Å². The average molecular weight is 186 g/mol. The standard InChI is InChI=1S/C5H8N2.3C2H6/c1-4-7-5(2)6-3;3*1-2/h4H,1,3H2,2H3;3*1-2H3. The normalized spacial score (nSPS) is 7.15. The van der Waals surface area contributed by atoms with E-state index in [2.05, 4.69) is 23.3 Å². The molecule has 0 saturated heterocycles. The van der Waals surface area contributed by atoms with Gasteiger partial charge in [-0.15, -0.1) is 0 Å². The molecule has 0 aliphatic carbocycles. The first-order chi connectivity index (χ1) is 6.31. The monoisotopic (exact) mass is 186 g/mol. The molecule has 0 radical (unpaired) electrons. The summed E-state index contributed by atoms with van der Waals surface area (Å²) in [5.41, 5.74) is 0. The molecule has 0 saturated carbocycles. The van der Waals surface area contributed by atoms with Gasteiger partial charge in [-0.05, 0) is 13.6 Å². The smallest absolute Gasteiger partial charge is 0.124 e. The fraction of sp³-hybridized carbons (Fsp3) is 0.636. The lowest BCUT2D eigenvalue weighted by Crippen LogP contribution is -1.78. The molecule has 0 heterocycles. The fourth-order valence-electron chi connectivity index (χ4n) is 0.173. The summed E-state index contributed by atoms with van der Waals surface area (Å²) in [6, 6.07) is 0. The van der Waals surface area contributed by atoms with Crippen molar-refractivity contribution in [1.29, 1.82) is 0 Å². The second-order valence-corrected chi connectivity index (χ2v) is 1.02. The van der Waals surface area contributed by atoms with Gasteiger partial charge in [-0.1, -0.05) is 48.1 Å². The zero-order valence-electron chi connectivity index (χ0n) is 10.4. The molecule has 0 spiro atoms. The third-order valence-corrected chi connectivity index (χ3v) is 0.507.